The number of hydrogen-bond acceptors (Lipinski definition) is 8. The smallest absolute Gasteiger partial charge is 0.164 e. The summed E-state index contributed by atoms with van der Waals surface area (Å²) in [7, 11) is 0. The molecule has 6 heterocycles. The molecule has 0 bridgehead atoms. The lowest BCUT2D eigenvalue weighted by atomic mass is 10.1. The van der Waals surface area contributed by atoms with E-state index < -0.39 is 0 Å². The summed E-state index contributed by atoms with van der Waals surface area (Å²) in [6.45, 7) is 7.62. The molecule has 0 unspecified atom stereocenters. The number of nitrogens with zero attached hydrogens (tertiary/aromatic N) is 5. The maximum Gasteiger partial charge on any atom is 0.164 e. The van der Waals surface area contributed by atoms with Crippen LogP contribution in [0.3, 0.4) is 0 Å². The first-order chi connectivity index (χ1) is 15.3. The van der Waals surface area contributed by atoms with Gasteiger partial charge in [-0.25, -0.2) is 9.97 Å². The first-order valence-corrected chi connectivity index (χ1v) is 11.5. The Balaban J connectivity index is 1.46. The van der Waals surface area contributed by atoms with Crippen molar-refractivity contribution in [3.05, 3.63) is 35.6 Å². The van der Waals surface area contributed by atoms with E-state index in [0.29, 0.717) is 0 Å². The van der Waals surface area contributed by atoms with E-state index in [1.807, 2.05) is 29.9 Å². The highest BCUT2D eigenvalue weighted by Gasteiger charge is 2.22. The van der Waals surface area contributed by atoms with Crippen molar-refractivity contribution in [1.29, 1.82) is 0 Å². The van der Waals surface area contributed by atoms with Crippen molar-refractivity contribution in [1.82, 2.24) is 24.8 Å². The van der Waals surface area contributed by atoms with Crippen molar-refractivity contribution in [2.45, 2.75) is 6.54 Å². The molecular formula is C22H24N6O2S. The quantitative estimate of drug-likeness (QED) is 0.527. The minimum Gasteiger partial charge on any atom is -0.379 e. The zero-order chi connectivity index (χ0) is 20.6. The summed E-state index contributed by atoms with van der Waals surface area (Å²) in [6, 6.07) is 4.29. The van der Waals surface area contributed by atoms with Crippen LogP contribution >= 0.6 is 11.3 Å². The van der Waals surface area contributed by atoms with Gasteiger partial charge in [0.05, 0.1) is 48.4 Å². The van der Waals surface area contributed by atoms with Gasteiger partial charge in [-0.05, 0) is 12.1 Å². The Bertz CT molecular complexity index is 1210. The number of morpholine rings is 2. The Morgan fingerprint density at radius 1 is 1.00 bits per heavy atom. The summed E-state index contributed by atoms with van der Waals surface area (Å²) >= 11 is 1.81. The molecule has 0 aliphatic carbocycles. The Morgan fingerprint density at radius 3 is 2.65 bits per heavy atom. The average Bonchev–Trinajstić information content (AvgIpc) is 3.46. The monoisotopic (exact) mass is 436 g/mol. The largest absolute Gasteiger partial charge is 0.379 e. The third kappa shape index (κ3) is 3.67. The summed E-state index contributed by atoms with van der Waals surface area (Å²) < 4.78 is 12.2. The molecule has 0 amide bonds. The van der Waals surface area contributed by atoms with Crippen LogP contribution in [0.5, 0.6) is 0 Å². The van der Waals surface area contributed by atoms with E-state index >= 15 is 0 Å². The standard InChI is InChI=1S/C22H24N6O2S/c1-2-24-19-13-23-12-17(16(1)19)21-25-18-11-15(14-27-3-7-29-8-4-27)31-20(18)22(26-21)28-5-9-30-10-6-28/h1-2,11-13,24H,3-10,14H2. The van der Waals surface area contributed by atoms with Crippen molar-refractivity contribution >= 4 is 38.3 Å². The molecule has 31 heavy (non-hydrogen) atoms. The van der Waals surface area contributed by atoms with Crippen LogP contribution < -0.4 is 4.90 Å². The van der Waals surface area contributed by atoms with Gasteiger partial charge in [0, 0.05) is 60.9 Å². The molecule has 8 nitrogen and oxygen atoms in total. The highest BCUT2D eigenvalue weighted by Crippen LogP contribution is 2.36. The van der Waals surface area contributed by atoms with Crippen molar-refractivity contribution in [3.63, 3.8) is 0 Å². The zero-order valence-electron chi connectivity index (χ0n) is 17.2. The van der Waals surface area contributed by atoms with Gasteiger partial charge in [0.25, 0.3) is 0 Å². The number of pyridine rings is 1. The Hall–Kier alpha value is -2.59. The second-order valence-corrected chi connectivity index (χ2v) is 9.05. The molecule has 0 saturated carbocycles. The predicted octanol–water partition coefficient (Wildman–Crippen LogP) is 2.90. The van der Waals surface area contributed by atoms with Crippen LogP contribution in [-0.4, -0.2) is 77.4 Å². The van der Waals surface area contributed by atoms with Gasteiger partial charge in [0.2, 0.25) is 0 Å². The van der Waals surface area contributed by atoms with Gasteiger partial charge < -0.3 is 19.4 Å². The molecule has 0 aromatic carbocycles. The SMILES string of the molecule is c1cc2c(-c3nc(N4CCOCC4)c4sc(CN5CCOCC5)cc4n3)cncc2[nH]1. The van der Waals surface area contributed by atoms with Gasteiger partial charge in [-0.2, -0.15) is 0 Å². The molecule has 0 atom stereocenters. The number of aromatic amines is 1. The second kappa shape index (κ2) is 8.16. The molecule has 160 valence electrons. The maximum absolute atomic E-state index is 5.59. The summed E-state index contributed by atoms with van der Waals surface area (Å²) in [5, 5.41) is 1.09. The van der Waals surface area contributed by atoms with E-state index in [2.05, 4.69) is 31.9 Å². The summed E-state index contributed by atoms with van der Waals surface area (Å²) in [5.41, 5.74) is 2.95. The van der Waals surface area contributed by atoms with E-state index in [-0.39, 0.29) is 0 Å². The van der Waals surface area contributed by atoms with E-state index in [9.17, 15) is 0 Å². The third-order valence-corrected chi connectivity index (χ3v) is 7.02. The first-order valence-electron chi connectivity index (χ1n) is 10.7. The molecule has 4 aromatic rings. The van der Waals surface area contributed by atoms with E-state index in [0.717, 1.165) is 97.5 Å². The molecule has 2 saturated heterocycles. The fourth-order valence-electron chi connectivity index (χ4n) is 4.29. The maximum atomic E-state index is 5.59. The molecule has 4 aromatic heterocycles. The van der Waals surface area contributed by atoms with Gasteiger partial charge in [-0.3, -0.25) is 9.88 Å². The highest BCUT2D eigenvalue weighted by atomic mass is 32.1. The lowest BCUT2D eigenvalue weighted by Crippen LogP contribution is -2.36. The number of hydrogen-bond donors (Lipinski definition) is 1. The molecule has 2 aliphatic rings. The average molecular weight is 437 g/mol. The predicted molar refractivity (Wildman–Crippen MR) is 122 cm³/mol. The lowest BCUT2D eigenvalue weighted by molar-refractivity contribution is 0.0346. The molecule has 1 N–H and O–H groups in total. The fourth-order valence-corrected chi connectivity index (χ4v) is 5.44. The van der Waals surface area contributed by atoms with Crippen LogP contribution in [0.2, 0.25) is 0 Å². The number of fused-ring (bicyclic) bond motifs is 2. The van der Waals surface area contributed by atoms with Crippen LogP contribution in [-0.2, 0) is 16.0 Å². The second-order valence-electron chi connectivity index (χ2n) is 7.91. The summed E-state index contributed by atoms with van der Waals surface area (Å²) in [4.78, 5) is 23.8. The number of H-pyrrole nitrogens is 1. The van der Waals surface area contributed by atoms with Gasteiger partial charge in [-0.1, -0.05) is 0 Å². The Morgan fingerprint density at radius 2 is 1.81 bits per heavy atom. The molecule has 0 radical (unpaired) electrons. The van der Waals surface area contributed by atoms with E-state index in [1.54, 1.807) is 0 Å². The molecule has 0 spiro atoms. The van der Waals surface area contributed by atoms with Crippen LogP contribution in [0.15, 0.2) is 30.7 Å². The van der Waals surface area contributed by atoms with Crippen LogP contribution in [0.1, 0.15) is 4.88 Å². The van der Waals surface area contributed by atoms with E-state index in [1.165, 1.54) is 4.88 Å². The molecule has 9 heteroatoms. The Labute approximate surface area is 183 Å². The number of rotatable bonds is 4. The number of nitrogens with one attached hydrogen (secondary N) is 1. The van der Waals surface area contributed by atoms with Crippen molar-refractivity contribution in [2.75, 3.05) is 57.5 Å². The molecular weight excluding hydrogens is 412 g/mol. The van der Waals surface area contributed by atoms with Crippen LogP contribution in [0.4, 0.5) is 5.82 Å². The first kappa shape index (κ1) is 19.1. The van der Waals surface area contributed by atoms with Crippen LogP contribution in [0, 0.1) is 0 Å². The van der Waals surface area contributed by atoms with Gasteiger partial charge in [-0.15, -0.1) is 11.3 Å². The lowest BCUT2D eigenvalue weighted by Gasteiger charge is -2.28. The van der Waals surface area contributed by atoms with Gasteiger partial charge >= 0.3 is 0 Å². The van der Waals surface area contributed by atoms with Gasteiger partial charge in [0.1, 0.15) is 0 Å². The zero-order valence-corrected chi connectivity index (χ0v) is 18.0. The minimum absolute atomic E-state index is 0.724. The number of thiophene rings is 1. The van der Waals surface area contributed by atoms with Crippen molar-refractivity contribution < 1.29 is 9.47 Å². The van der Waals surface area contributed by atoms with Crippen molar-refractivity contribution in [3.8, 4) is 11.4 Å². The highest BCUT2D eigenvalue weighted by molar-refractivity contribution is 7.19. The topological polar surface area (TPSA) is 79.4 Å². The molecule has 2 fully saturated rings. The van der Waals surface area contributed by atoms with E-state index in [4.69, 9.17) is 19.4 Å². The van der Waals surface area contributed by atoms with Crippen LogP contribution in [0.25, 0.3) is 32.5 Å². The Kier molecular flexibility index (Phi) is 5.03. The normalized spacial score (nSPS) is 18.3. The van der Waals surface area contributed by atoms with Gasteiger partial charge in [0.15, 0.2) is 11.6 Å². The number of aromatic nitrogens is 4. The number of anilines is 1. The summed E-state index contributed by atoms with van der Waals surface area (Å²) in [5.74, 6) is 1.73. The molecule has 6 rings (SSSR count). The minimum atomic E-state index is 0.724. The fraction of sp³-hybridized carbons (Fsp3) is 0.409. The third-order valence-electron chi connectivity index (χ3n) is 5.92. The summed E-state index contributed by atoms with van der Waals surface area (Å²) in [6.07, 6.45) is 5.63. The number of ether oxygens (including phenoxy) is 2. The molecule has 2 aliphatic heterocycles. The van der Waals surface area contributed by atoms with Crippen molar-refractivity contribution in [2.24, 2.45) is 0 Å².